The monoisotopic (exact) mass is 482 g/mol. The molecule has 0 radical (unpaired) electrons. The quantitative estimate of drug-likeness (QED) is 0.482. The molecule has 10 heteroatoms. The number of benzene rings is 2. The minimum Gasteiger partial charge on any atom is -0.488 e. The van der Waals surface area contributed by atoms with Crippen LogP contribution in [0.2, 0.25) is 0 Å². The van der Waals surface area contributed by atoms with Crippen LogP contribution in [0.1, 0.15) is 41.0 Å². The molecule has 1 fully saturated rings. The van der Waals surface area contributed by atoms with Crippen LogP contribution in [-0.2, 0) is 6.54 Å². The molecule has 1 atom stereocenters. The van der Waals surface area contributed by atoms with Crippen molar-refractivity contribution < 1.29 is 28.6 Å². The van der Waals surface area contributed by atoms with E-state index in [1.165, 1.54) is 30.3 Å². The number of aliphatic hydroxyl groups excluding tert-OH is 1. The predicted molar refractivity (Wildman–Crippen MR) is 126 cm³/mol. The number of likely N-dealkylation sites (tertiary alicyclic amines) is 1. The van der Waals surface area contributed by atoms with Gasteiger partial charge in [-0.15, -0.1) is 0 Å². The number of hydrogen-bond acceptors (Lipinski definition) is 6. The van der Waals surface area contributed by atoms with E-state index in [-0.39, 0.29) is 40.9 Å². The minimum absolute atomic E-state index is 0.106. The number of aryl methyl sites for hydroxylation is 1. The molecule has 4 rings (SSSR count). The van der Waals surface area contributed by atoms with Gasteiger partial charge in [-0.1, -0.05) is 0 Å². The number of ether oxygens (including phenoxy) is 2. The molecule has 2 N–H and O–H groups in total. The summed E-state index contributed by atoms with van der Waals surface area (Å²) in [6.45, 7) is 5.35. The van der Waals surface area contributed by atoms with Crippen molar-refractivity contribution >= 4 is 17.6 Å². The Morgan fingerprint density at radius 2 is 1.91 bits per heavy atom. The standard InChI is InChI=1S/C25H27FN4O5/c1-3-30-10-7-23(28-30)27-24(32)18-11-19(34-16(2)15-31)14-20(12-18)35-22-6-5-17(13-21(22)26)25(33)29-8-4-9-29/h5-7,10-14,16,31H,3-4,8-9,15H2,1-2H3,(H,27,28,32)/t16-/m0/s1. The van der Waals surface area contributed by atoms with E-state index >= 15 is 0 Å². The second kappa shape index (κ2) is 10.6. The van der Waals surface area contributed by atoms with Gasteiger partial charge < -0.3 is 24.8 Å². The molecule has 0 bridgehead atoms. The summed E-state index contributed by atoms with van der Waals surface area (Å²) in [5.74, 6) is -0.708. The van der Waals surface area contributed by atoms with Crippen molar-refractivity contribution in [1.29, 1.82) is 0 Å². The highest BCUT2D eigenvalue weighted by Crippen LogP contribution is 2.31. The molecule has 2 heterocycles. The first kappa shape index (κ1) is 24.2. The first-order chi connectivity index (χ1) is 16.9. The van der Waals surface area contributed by atoms with Gasteiger partial charge in [0.1, 0.15) is 17.6 Å². The molecule has 2 amide bonds. The first-order valence-electron chi connectivity index (χ1n) is 11.4. The third-order valence-corrected chi connectivity index (χ3v) is 5.49. The van der Waals surface area contributed by atoms with Crippen molar-refractivity contribution in [3.8, 4) is 17.2 Å². The van der Waals surface area contributed by atoms with Gasteiger partial charge in [-0.25, -0.2) is 4.39 Å². The van der Waals surface area contributed by atoms with E-state index in [1.54, 1.807) is 28.8 Å². The zero-order chi connectivity index (χ0) is 24.9. The number of amides is 2. The Labute approximate surface area is 202 Å². The van der Waals surface area contributed by atoms with Gasteiger partial charge in [0.25, 0.3) is 11.8 Å². The molecule has 1 saturated heterocycles. The van der Waals surface area contributed by atoms with Crippen LogP contribution < -0.4 is 14.8 Å². The van der Waals surface area contributed by atoms with Crippen LogP contribution in [0, 0.1) is 5.82 Å². The highest BCUT2D eigenvalue weighted by Gasteiger charge is 2.23. The number of aromatic nitrogens is 2. The summed E-state index contributed by atoms with van der Waals surface area (Å²) >= 11 is 0. The molecule has 1 aromatic heterocycles. The van der Waals surface area contributed by atoms with Gasteiger partial charge in [0.15, 0.2) is 17.4 Å². The topological polar surface area (TPSA) is 106 Å². The summed E-state index contributed by atoms with van der Waals surface area (Å²) in [7, 11) is 0. The summed E-state index contributed by atoms with van der Waals surface area (Å²) in [6.07, 6.45) is 2.15. The Morgan fingerprint density at radius 1 is 1.14 bits per heavy atom. The molecular weight excluding hydrogens is 455 g/mol. The van der Waals surface area contributed by atoms with E-state index in [1.807, 2.05) is 6.92 Å². The van der Waals surface area contributed by atoms with E-state index in [0.717, 1.165) is 12.5 Å². The Balaban J connectivity index is 1.57. The van der Waals surface area contributed by atoms with Crippen molar-refractivity contribution in [2.24, 2.45) is 0 Å². The number of rotatable bonds is 9. The van der Waals surface area contributed by atoms with Gasteiger partial charge in [0.05, 0.1) is 6.61 Å². The number of aliphatic hydroxyl groups is 1. The van der Waals surface area contributed by atoms with Crippen LogP contribution in [-0.4, -0.2) is 57.4 Å². The smallest absolute Gasteiger partial charge is 0.257 e. The van der Waals surface area contributed by atoms with E-state index in [0.29, 0.717) is 25.5 Å². The fraction of sp³-hybridized carbons (Fsp3) is 0.320. The summed E-state index contributed by atoms with van der Waals surface area (Å²) in [5, 5.41) is 16.3. The maximum absolute atomic E-state index is 14.8. The lowest BCUT2D eigenvalue weighted by molar-refractivity contribution is 0.0651. The van der Waals surface area contributed by atoms with Crippen LogP contribution in [0.3, 0.4) is 0 Å². The van der Waals surface area contributed by atoms with Crippen LogP contribution in [0.15, 0.2) is 48.7 Å². The summed E-state index contributed by atoms with van der Waals surface area (Å²) in [5.41, 5.74) is 0.439. The molecule has 0 saturated carbocycles. The van der Waals surface area contributed by atoms with E-state index in [2.05, 4.69) is 10.4 Å². The third-order valence-electron chi connectivity index (χ3n) is 5.49. The van der Waals surface area contributed by atoms with Crippen LogP contribution in [0.25, 0.3) is 0 Å². The molecule has 184 valence electrons. The molecular formula is C25H27FN4O5. The molecule has 2 aromatic carbocycles. The van der Waals surface area contributed by atoms with Crippen molar-refractivity contribution in [1.82, 2.24) is 14.7 Å². The van der Waals surface area contributed by atoms with E-state index < -0.39 is 17.8 Å². The van der Waals surface area contributed by atoms with Crippen LogP contribution in [0.4, 0.5) is 10.2 Å². The molecule has 0 aliphatic carbocycles. The number of anilines is 1. The summed E-state index contributed by atoms with van der Waals surface area (Å²) < 4.78 is 27.8. The van der Waals surface area contributed by atoms with Crippen LogP contribution in [0.5, 0.6) is 17.2 Å². The number of carbonyl (C=O) groups is 2. The molecule has 1 aliphatic heterocycles. The number of nitrogens with zero attached hydrogens (tertiary/aromatic N) is 3. The fourth-order valence-electron chi connectivity index (χ4n) is 3.44. The number of carbonyl (C=O) groups excluding carboxylic acids is 2. The Hall–Kier alpha value is -3.92. The molecule has 9 nitrogen and oxygen atoms in total. The summed E-state index contributed by atoms with van der Waals surface area (Å²) in [4.78, 5) is 26.9. The minimum atomic E-state index is -0.706. The maximum Gasteiger partial charge on any atom is 0.257 e. The maximum atomic E-state index is 14.8. The largest absolute Gasteiger partial charge is 0.488 e. The zero-order valence-corrected chi connectivity index (χ0v) is 19.5. The highest BCUT2D eigenvalue weighted by atomic mass is 19.1. The Kier molecular flexibility index (Phi) is 7.31. The van der Waals surface area contributed by atoms with Crippen molar-refractivity contribution in [3.05, 3.63) is 65.6 Å². The SMILES string of the molecule is CCn1ccc(NC(=O)c2cc(Oc3ccc(C(=O)N4CCC4)cc3F)cc(O[C@@H](C)CO)c2)n1. The zero-order valence-electron chi connectivity index (χ0n) is 19.5. The van der Waals surface area contributed by atoms with Crippen molar-refractivity contribution in [3.63, 3.8) is 0 Å². The van der Waals surface area contributed by atoms with Gasteiger partial charge in [-0.05, 0) is 50.6 Å². The fourth-order valence-corrected chi connectivity index (χ4v) is 3.44. The van der Waals surface area contributed by atoms with Crippen molar-refractivity contribution in [2.75, 3.05) is 25.0 Å². The second-order valence-corrected chi connectivity index (χ2v) is 8.21. The lowest BCUT2D eigenvalue weighted by Crippen LogP contribution is -2.42. The lowest BCUT2D eigenvalue weighted by Gasteiger charge is -2.30. The van der Waals surface area contributed by atoms with Gasteiger partial charge in [-0.3, -0.25) is 14.3 Å². The molecule has 3 aromatic rings. The molecule has 0 unspecified atom stereocenters. The Bertz CT molecular complexity index is 1220. The normalized spacial score (nSPS) is 13.7. The number of halogens is 1. The second-order valence-electron chi connectivity index (χ2n) is 8.21. The Morgan fingerprint density at radius 3 is 2.54 bits per heavy atom. The third kappa shape index (κ3) is 5.78. The van der Waals surface area contributed by atoms with Gasteiger partial charge in [0.2, 0.25) is 0 Å². The van der Waals surface area contributed by atoms with E-state index in [9.17, 15) is 19.1 Å². The van der Waals surface area contributed by atoms with E-state index in [4.69, 9.17) is 9.47 Å². The van der Waals surface area contributed by atoms with Gasteiger partial charge >= 0.3 is 0 Å². The van der Waals surface area contributed by atoms with Crippen molar-refractivity contribution in [2.45, 2.75) is 32.9 Å². The van der Waals surface area contributed by atoms with Crippen LogP contribution >= 0.6 is 0 Å². The first-order valence-corrected chi connectivity index (χ1v) is 11.4. The molecule has 35 heavy (non-hydrogen) atoms. The van der Waals surface area contributed by atoms with Gasteiger partial charge in [-0.2, -0.15) is 5.10 Å². The number of hydrogen-bond donors (Lipinski definition) is 2. The average molecular weight is 483 g/mol. The molecule has 0 spiro atoms. The lowest BCUT2D eigenvalue weighted by atomic mass is 10.1. The molecule has 1 aliphatic rings. The average Bonchev–Trinajstić information content (AvgIpc) is 3.26. The summed E-state index contributed by atoms with van der Waals surface area (Å²) in [6, 6.07) is 10.1. The predicted octanol–water partition coefficient (Wildman–Crippen LogP) is 3.69. The van der Waals surface area contributed by atoms with Gasteiger partial charge in [0, 0.05) is 49.1 Å². The highest BCUT2D eigenvalue weighted by molar-refractivity contribution is 6.04. The number of nitrogens with one attached hydrogen (secondary N) is 1.